The topological polar surface area (TPSA) is 22.3 Å². The van der Waals surface area contributed by atoms with E-state index >= 15 is 0 Å². The van der Waals surface area contributed by atoms with Crippen LogP contribution < -0.4 is 0 Å². The number of piperazine rings is 1. The molecule has 0 bridgehead atoms. The van der Waals surface area contributed by atoms with Crippen LogP contribution in [-0.4, -0.2) is 48.5 Å². The van der Waals surface area contributed by atoms with Gasteiger partial charge in [0, 0.05) is 42.8 Å². The number of para-hydroxylation sites is 1. The molecule has 1 aliphatic rings. The van der Waals surface area contributed by atoms with E-state index in [1.807, 2.05) is 0 Å². The van der Waals surface area contributed by atoms with E-state index in [0.717, 1.165) is 19.6 Å². The summed E-state index contributed by atoms with van der Waals surface area (Å²) in [5.41, 5.74) is 2.67. The van der Waals surface area contributed by atoms with E-state index in [1.54, 1.807) is 0 Å². The summed E-state index contributed by atoms with van der Waals surface area (Å²) in [6, 6.07) is 9.06. The molecule has 17 heavy (non-hydrogen) atoms. The Labute approximate surface area is 102 Å². The molecule has 1 atom stereocenters. The Kier molecular flexibility index (Phi) is 2.65. The van der Waals surface area contributed by atoms with Crippen LogP contribution in [0.1, 0.15) is 11.6 Å². The largest absolute Gasteiger partial charge is 0.361 e. The van der Waals surface area contributed by atoms with E-state index in [1.165, 1.54) is 16.5 Å². The van der Waals surface area contributed by atoms with Gasteiger partial charge in [0.05, 0.1) is 0 Å². The van der Waals surface area contributed by atoms with Gasteiger partial charge in [-0.05, 0) is 25.7 Å². The predicted molar refractivity (Wildman–Crippen MR) is 71.2 cm³/mol. The molecule has 3 heteroatoms. The lowest BCUT2D eigenvalue weighted by atomic mass is 10.0. The molecule has 3 nitrogen and oxygen atoms in total. The summed E-state index contributed by atoms with van der Waals surface area (Å²) in [6.07, 6.45) is 2.17. The molecule has 1 unspecified atom stereocenters. The molecule has 2 heterocycles. The van der Waals surface area contributed by atoms with Gasteiger partial charge in [-0.15, -0.1) is 0 Å². The molecule has 2 aromatic rings. The van der Waals surface area contributed by atoms with Crippen molar-refractivity contribution < 1.29 is 0 Å². The quantitative estimate of drug-likeness (QED) is 0.809. The second kappa shape index (κ2) is 4.17. The van der Waals surface area contributed by atoms with Gasteiger partial charge in [0.2, 0.25) is 0 Å². The minimum atomic E-state index is 0.505. The fourth-order valence-corrected chi connectivity index (χ4v) is 2.72. The van der Waals surface area contributed by atoms with Gasteiger partial charge in [-0.2, -0.15) is 0 Å². The van der Waals surface area contributed by atoms with Crippen molar-refractivity contribution in [3.63, 3.8) is 0 Å². The van der Waals surface area contributed by atoms with Crippen molar-refractivity contribution in [2.24, 2.45) is 0 Å². The molecular formula is C14H19N3. The number of hydrogen-bond acceptors (Lipinski definition) is 2. The standard InChI is InChI=1S/C14H19N3/c1-16-7-8-17(2)14(10-16)12-9-15-13-6-4-3-5-11(12)13/h3-6,9,14-15H,7-8,10H2,1-2H3. The molecular weight excluding hydrogens is 210 g/mol. The van der Waals surface area contributed by atoms with Crippen molar-refractivity contribution in [3.8, 4) is 0 Å². The first-order valence-electron chi connectivity index (χ1n) is 6.20. The number of hydrogen-bond donors (Lipinski definition) is 1. The van der Waals surface area contributed by atoms with Crippen LogP contribution in [0.4, 0.5) is 0 Å². The number of aromatic nitrogens is 1. The van der Waals surface area contributed by atoms with Crippen LogP contribution in [0, 0.1) is 0 Å². The van der Waals surface area contributed by atoms with Crippen LogP contribution in [0.2, 0.25) is 0 Å². The molecule has 1 saturated heterocycles. The molecule has 0 saturated carbocycles. The maximum absolute atomic E-state index is 3.38. The Bertz CT molecular complexity index is 517. The Morgan fingerprint density at radius 1 is 1.18 bits per heavy atom. The smallest absolute Gasteiger partial charge is 0.0493 e. The lowest BCUT2D eigenvalue weighted by Gasteiger charge is -2.37. The summed E-state index contributed by atoms with van der Waals surface area (Å²) in [6.45, 7) is 3.41. The van der Waals surface area contributed by atoms with Crippen LogP contribution in [0.5, 0.6) is 0 Å². The van der Waals surface area contributed by atoms with E-state index in [2.05, 4.69) is 59.3 Å². The van der Waals surface area contributed by atoms with Crippen LogP contribution >= 0.6 is 0 Å². The number of fused-ring (bicyclic) bond motifs is 1. The maximum atomic E-state index is 3.38. The lowest BCUT2D eigenvalue weighted by Crippen LogP contribution is -2.44. The molecule has 0 amide bonds. The third kappa shape index (κ3) is 1.85. The Hall–Kier alpha value is -1.32. The van der Waals surface area contributed by atoms with Crippen LogP contribution in [0.15, 0.2) is 30.5 Å². The molecule has 1 aromatic heterocycles. The molecule has 3 rings (SSSR count). The molecule has 0 radical (unpaired) electrons. The summed E-state index contributed by atoms with van der Waals surface area (Å²) < 4.78 is 0. The average molecular weight is 229 g/mol. The molecule has 0 spiro atoms. The summed E-state index contributed by atoms with van der Waals surface area (Å²) in [4.78, 5) is 8.24. The zero-order valence-electron chi connectivity index (χ0n) is 10.5. The predicted octanol–water partition coefficient (Wildman–Crippen LogP) is 2.09. The summed E-state index contributed by atoms with van der Waals surface area (Å²) >= 11 is 0. The Morgan fingerprint density at radius 3 is 2.88 bits per heavy atom. The fraction of sp³-hybridized carbons (Fsp3) is 0.429. The molecule has 0 aliphatic carbocycles. The Morgan fingerprint density at radius 2 is 2.00 bits per heavy atom. The van der Waals surface area contributed by atoms with Crippen molar-refractivity contribution in [2.45, 2.75) is 6.04 Å². The molecule has 1 fully saturated rings. The normalized spacial score (nSPS) is 23.3. The summed E-state index contributed by atoms with van der Waals surface area (Å²) in [5, 5.41) is 1.36. The second-order valence-corrected chi connectivity index (χ2v) is 5.05. The highest BCUT2D eigenvalue weighted by molar-refractivity contribution is 5.83. The minimum Gasteiger partial charge on any atom is -0.361 e. The van der Waals surface area contributed by atoms with Gasteiger partial charge in [-0.3, -0.25) is 4.90 Å². The number of rotatable bonds is 1. The highest BCUT2D eigenvalue weighted by atomic mass is 15.3. The first-order chi connectivity index (χ1) is 8.25. The maximum Gasteiger partial charge on any atom is 0.0493 e. The van der Waals surface area contributed by atoms with Gasteiger partial charge in [0.15, 0.2) is 0 Å². The van der Waals surface area contributed by atoms with E-state index in [9.17, 15) is 0 Å². The van der Waals surface area contributed by atoms with Gasteiger partial charge in [-0.1, -0.05) is 18.2 Å². The summed E-state index contributed by atoms with van der Waals surface area (Å²) in [5.74, 6) is 0. The lowest BCUT2D eigenvalue weighted by molar-refractivity contribution is 0.116. The van der Waals surface area contributed by atoms with Crippen molar-refractivity contribution in [2.75, 3.05) is 33.7 Å². The number of likely N-dealkylation sites (N-methyl/N-ethyl adjacent to an activating group) is 2. The van der Waals surface area contributed by atoms with Gasteiger partial charge in [0.1, 0.15) is 0 Å². The van der Waals surface area contributed by atoms with E-state index in [-0.39, 0.29) is 0 Å². The van der Waals surface area contributed by atoms with Gasteiger partial charge in [0.25, 0.3) is 0 Å². The SMILES string of the molecule is CN1CCN(C)C(c2c[nH]c3ccccc23)C1. The molecule has 1 N–H and O–H groups in total. The fourth-order valence-electron chi connectivity index (χ4n) is 2.72. The van der Waals surface area contributed by atoms with E-state index in [0.29, 0.717) is 6.04 Å². The summed E-state index contributed by atoms with van der Waals surface area (Å²) in [7, 11) is 4.42. The van der Waals surface area contributed by atoms with Gasteiger partial charge in [-0.25, -0.2) is 0 Å². The Balaban J connectivity index is 2.02. The number of aromatic amines is 1. The number of H-pyrrole nitrogens is 1. The zero-order chi connectivity index (χ0) is 11.8. The van der Waals surface area contributed by atoms with Crippen molar-refractivity contribution in [3.05, 3.63) is 36.0 Å². The van der Waals surface area contributed by atoms with Crippen LogP contribution in [0.3, 0.4) is 0 Å². The van der Waals surface area contributed by atoms with Crippen molar-refractivity contribution in [1.29, 1.82) is 0 Å². The molecule has 1 aromatic carbocycles. The first-order valence-corrected chi connectivity index (χ1v) is 6.20. The van der Waals surface area contributed by atoms with E-state index < -0.39 is 0 Å². The second-order valence-electron chi connectivity index (χ2n) is 5.05. The third-order valence-electron chi connectivity index (χ3n) is 3.83. The molecule has 90 valence electrons. The minimum absolute atomic E-state index is 0.505. The van der Waals surface area contributed by atoms with Gasteiger partial charge < -0.3 is 9.88 Å². The van der Waals surface area contributed by atoms with Crippen molar-refractivity contribution >= 4 is 10.9 Å². The third-order valence-corrected chi connectivity index (χ3v) is 3.83. The van der Waals surface area contributed by atoms with Gasteiger partial charge >= 0.3 is 0 Å². The highest BCUT2D eigenvalue weighted by Gasteiger charge is 2.25. The average Bonchev–Trinajstić information content (AvgIpc) is 2.76. The van der Waals surface area contributed by atoms with Crippen LogP contribution in [-0.2, 0) is 0 Å². The first kappa shape index (κ1) is 10.8. The zero-order valence-corrected chi connectivity index (χ0v) is 10.5. The number of nitrogens with one attached hydrogen (secondary N) is 1. The van der Waals surface area contributed by atoms with E-state index in [4.69, 9.17) is 0 Å². The molecule has 1 aliphatic heterocycles. The van der Waals surface area contributed by atoms with Crippen molar-refractivity contribution in [1.82, 2.24) is 14.8 Å². The highest BCUT2D eigenvalue weighted by Crippen LogP contribution is 2.29. The number of nitrogens with zero attached hydrogens (tertiary/aromatic N) is 2. The monoisotopic (exact) mass is 229 g/mol. The number of benzene rings is 1. The van der Waals surface area contributed by atoms with Crippen LogP contribution in [0.25, 0.3) is 10.9 Å².